The van der Waals surface area contributed by atoms with Crippen LogP contribution < -0.4 is 15.7 Å². The van der Waals surface area contributed by atoms with E-state index in [1.165, 1.54) is 18.1 Å². The van der Waals surface area contributed by atoms with Crippen molar-refractivity contribution in [1.29, 1.82) is 0 Å². The molecule has 0 unspecified atom stereocenters. The first kappa shape index (κ1) is 18.2. The smallest absolute Gasteiger partial charge is 0.336 e. The number of nitrogens with zero attached hydrogens (tertiary/aromatic N) is 2. The molecule has 7 heteroatoms. The summed E-state index contributed by atoms with van der Waals surface area (Å²) in [5.41, 5.74) is 3.36. The Morgan fingerprint density at radius 3 is 2.89 bits per heavy atom. The highest BCUT2D eigenvalue weighted by atomic mass is 16.5. The van der Waals surface area contributed by atoms with Crippen molar-refractivity contribution in [3.05, 3.63) is 63.5 Å². The summed E-state index contributed by atoms with van der Waals surface area (Å²) in [5.74, 6) is 0.811. The number of carbonyl (C=O) groups is 1. The predicted octanol–water partition coefficient (Wildman–Crippen LogP) is 2.47. The summed E-state index contributed by atoms with van der Waals surface area (Å²) in [6.07, 6.45) is 4.34. The van der Waals surface area contributed by atoms with Crippen LogP contribution in [0.2, 0.25) is 0 Å². The Bertz CT molecular complexity index is 1090. The van der Waals surface area contributed by atoms with Crippen LogP contribution in [0.4, 0.5) is 0 Å². The number of aryl methyl sites for hydroxylation is 2. The Morgan fingerprint density at radius 2 is 2.00 bits per heavy atom. The molecule has 0 bridgehead atoms. The summed E-state index contributed by atoms with van der Waals surface area (Å²) >= 11 is 0. The molecule has 4 rings (SSSR count). The lowest BCUT2D eigenvalue weighted by Crippen LogP contribution is -2.29. The maximum Gasteiger partial charge on any atom is 0.336 e. The van der Waals surface area contributed by atoms with Crippen LogP contribution in [-0.4, -0.2) is 22.5 Å². The Balaban J connectivity index is 1.35. The molecular weight excluding hydrogens is 358 g/mol. The Kier molecular flexibility index (Phi) is 5.06. The van der Waals surface area contributed by atoms with Gasteiger partial charge in [0.1, 0.15) is 17.2 Å². The van der Waals surface area contributed by atoms with E-state index in [-0.39, 0.29) is 19.1 Å². The monoisotopic (exact) mass is 379 g/mol. The number of carbonyl (C=O) groups excluding carboxylic acids is 1. The summed E-state index contributed by atoms with van der Waals surface area (Å²) < 4.78 is 10.6. The predicted molar refractivity (Wildman–Crippen MR) is 103 cm³/mol. The minimum atomic E-state index is -0.428. The van der Waals surface area contributed by atoms with Crippen molar-refractivity contribution in [2.45, 2.75) is 39.2 Å². The van der Waals surface area contributed by atoms with Gasteiger partial charge in [0.05, 0.1) is 6.54 Å². The molecule has 1 aliphatic rings. The van der Waals surface area contributed by atoms with Gasteiger partial charge in [0.2, 0.25) is 0 Å². The molecule has 0 atom stereocenters. The zero-order chi connectivity index (χ0) is 19.5. The average Bonchev–Trinajstić information content (AvgIpc) is 2.70. The SMILES string of the molecule is Cc1nc(CNC(=O)COc2ccc3ccc(=O)oc3c2)nc2c1CCCC2. The fourth-order valence-electron chi connectivity index (χ4n) is 3.43. The molecule has 3 aromatic rings. The molecule has 1 N–H and O–H groups in total. The first-order valence-electron chi connectivity index (χ1n) is 9.37. The Hall–Kier alpha value is -3.22. The van der Waals surface area contributed by atoms with E-state index >= 15 is 0 Å². The molecule has 2 heterocycles. The topological polar surface area (TPSA) is 94.3 Å². The molecule has 7 nitrogen and oxygen atoms in total. The van der Waals surface area contributed by atoms with Gasteiger partial charge in [-0.25, -0.2) is 14.8 Å². The van der Waals surface area contributed by atoms with Gasteiger partial charge in [0, 0.05) is 28.9 Å². The molecule has 1 amide bonds. The molecule has 144 valence electrons. The largest absolute Gasteiger partial charge is 0.484 e. The van der Waals surface area contributed by atoms with Crippen molar-refractivity contribution in [3.63, 3.8) is 0 Å². The molecule has 0 spiro atoms. The summed E-state index contributed by atoms with van der Waals surface area (Å²) in [4.78, 5) is 32.5. The minimum Gasteiger partial charge on any atom is -0.484 e. The molecule has 28 heavy (non-hydrogen) atoms. The number of fused-ring (bicyclic) bond motifs is 2. The van der Waals surface area contributed by atoms with E-state index in [0.717, 1.165) is 36.0 Å². The van der Waals surface area contributed by atoms with Crippen LogP contribution in [0.5, 0.6) is 5.75 Å². The highest BCUT2D eigenvalue weighted by Gasteiger charge is 2.15. The molecule has 2 aromatic heterocycles. The van der Waals surface area contributed by atoms with Crippen LogP contribution in [0, 0.1) is 6.92 Å². The van der Waals surface area contributed by atoms with E-state index in [0.29, 0.717) is 17.2 Å². The van der Waals surface area contributed by atoms with Crippen LogP contribution in [0.3, 0.4) is 0 Å². The maximum atomic E-state index is 12.1. The third-order valence-corrected chi connectivity index (χ3v) is 4.84. The maximum absolute atomic E-state index is 12.1. The van der Waals surface area contributed by atoms with Gasteiger partial charge < -0.3 is 14.5 Å². The van der Waals surface area contributed by atoms with Crippen LogP contribution in [0.25, 0.3) is 11.0 Å². The summed E-state index contributed by atoms with van der Waals surface area (Å²) in [6, 6.07) is 8.14. The van der Waals surface area contributed by atoms with Crippen molar-refractivity contribution in [3.8, 4) is 5.75 Å². The second-order valence-electron chi connectivity index (χ2n) is 6.88. The van der Waals surface area contributed by atoms with Gasteiger partial charge in [-0.1, -0.05) is 0 Å². The van der Waals surface area contributed by atoms with E-state index in [9.17, 15) is 9.59 Å². The number of benzene rings is 1. The number of nitrogens with one attached hydrogen (secondary N) is 1. The lowest BCUT2D eigenvalue weighted by Gasteiger charge is -2.17. The second kappa shape index (κ2) is 7.80. The van der Waals surface area contributed by atoms with Crippen LogP contribution in [-0.2, 0) is 24.2 Å². The highest BCUT2D eigenvalue weighted by Crippen LogP contribution is 2.22. The fraction of sp³-hybridized carbons (Fsp3) is 0.333. The molecule has 1 aliphatic carbocycles. The molecule has 0 aliphatic heterocycles. The standard InChI is InChI=1S/C21H21N3O4/c1-13-16-4-2-3-5-17(16)24-19(23-13)11-22-20(25)12-27-15-8-6-14-7-9-21(26)28-18(14)10-15/h6-10H,2-5,11-12H2,1H3,(H,22,25). The Morgan fingerprint density at radius 1 is 1.18 bits per heavy atom. The van der Waals surface area contributed by atoms with Gasteiger partial charge in [0.25, 0.3) is 5.91 Å². The van der Waals surface area contributed by atoms with Gasteiger partial charge in [-0.2, -0.15) is 0 Å². The van der Waals surface area contributed by atoms with Crippen molar-refractivity contribution in [1.82, 2.24) is 15.3 Å². The lowest BCUT2D eigenvalue weighted by atomic mass is 9.95. The van der Waals surface area contributed by atoms with Crippen molar-refractivity contribution < 1.29 is 13.9 Å². The molecule has 0 fully saturated rings. The average molecular weight is 379 g/mol. The normalized spacial score (nSPS) is 13.2. The highest BCUT2D eigenvalue weighted by molar-refractivity contribution is 5.79. The van der Waals surface area contributed by atoms with Crippen molar-refractivity contribution in [2.75, 3.05) is 6.61 Å². The molecule has 0 saturated heterocycles. The quantitative estimate of drug-likeness (QED) is 0.685. The van der Waals surface area contributed by atoms with Crippen molar-refractivity contribution in [2.24, 2.45) is 0 Å². The summed E-state index contributed by atoms with van der Waals surface area (Å²) in [5, 5.41) is 3.58. The lowest BCUT2D eigenvalue weighted by molar-refractivity contribution is -0.123. The van der Waals surface area contributed by atoms with E-state index in [2.05, 4.69) is 15.3 Å². The molecule has 1 aromatic carbocycles. The number of amides is 1. The fourth-order valence-corrected chi connectivity index (χ4v) is 3.43. The minimum absolute atomic E-state index is 0.146. The number of aromatic nitrogens is 2. The van der Waals surface area contributed by atoms with Crippen LogP contribution >= 0.6 is 0 Å². The summed E-state index contributed by atoms with van der Waals surface area (Å²) in [7, 11) is 0. The van der Waals surface area contributed by atoms with E-state index < -0.39 is 5.63 Å². The van der Waals surface area contributed by atoms with Crippen molar-refractivity contribution >= 4 is 16.9 Å². The zero-order valence-electron chi connectivity index (χ0n) is 15.7. The number of ether oxygens (including phenoxy) is 1. The van der Waals surface area contributed by atoms with Gasteiger partial charge in [-0.3, -0.25) is 4.79 Å². The van der Waals surface area contributed by atoms with Crippen LogP contribution in [0.15, 0.2) is 39.5 Å². The molecule has 0 saturated carbocycles. The number of rotatable bonds is 5. The zero-order valence-corrected chi connectivity index (χ0v) is 15.7. The number of hydrogen-bond donors (Lipinski definition) is 1. The second-order valence-corrected chi connectivity index (χ2v) is 6.88. The van der Waals surface area contributed by atoms with Gasteiger partial charge in [-0.15, -0.1) is 0 Å². The third-order valence-electron chi connectivity index (χ3n) is 4.84. The van der Waals surface area contributed by atoms with E-state index in [1.807, 2.05) is 6.92 Å². The van der Waals surface area contributed by atoms with Crippen LogP contribution in [0.1, 0.15) is 35.6 Å². The number of hydrogen-bond acceptors (Lipinski definition) is 6. The summed E-state index contributed by atoms with van der Waals surface area (Å²) in [6.45, 7) is 2.12. The van der Waals surface area contributed by atoms with E-state index in [4.69, 9.17) is 9.15 Å². The first-order chi connectivity index (χ1) is 13.6. The Labute approximate surface area is 161 Å². The van der Waals surface area contributed by atoms with Gasteiger partial charge in [-0.05, 0) is 56.4 Å². The first-order valence-corrected chi connectivity index (χ1v) is 9.37. The third kappa shape index (κ3) is 4.03. The molecule has 0 radical (unpaired) electrons. The van der Waals surface area contributed by atoms with Gasteiger partial charge >= 0.3 is 5.63 Å². The molecular formula is C21H21N3O4. The van der Waals surface area contributed by atoms with Gasteiger partial charge in [0.15, 0.2) is 6.61 Å². The van der Waals surface area contributed by atoms with E-state index in [1.54, 1.807) is 24.3 Å².